The molecular formula is C16H25N3O3S. The predicted octanol–water partition coefficient (Wildman–Crippen LogP) is 1.98. The molecule has 7 heteroatoms. The van der Waals surface area contributed by atoms with Crippen LogP contribution in [0.5, 0.6) is 0 Å². The van der Waals surface area contributed by atoms with Gasteiger partial charge in [0.1, 0.15) is 0 Å². The maximum Gasteiger partial charge on any atom is 0.314 e. The van der Waals surface area contributed by atoms with Gasteiger partial charge < -0.3 is 10.6 Å². The van der Waals surface area contributed by atoms with Gasteiger partial charge in [0, 0.05) is 26.2 Å². The second kappa shape index (κ2) is 7.31. The topological polar surface area (TPSA) is 83.7 Å². The summed E-state index contributed by atoms with van der Waals surface area (Å²) in [5, 5.41) is 0. The highest BCUT2D eigenvalue weighted by atomic mass is 32.2. The molecule has 0 radical (unpaired) electrons. The van der Waals surface area contributed by atoms with Gasteiger partial charge in [-0.2, -0.15) is 4.31 Å². The van der Waals surface area contributed by atoms with Crippen molar-refractivity contribution in [3.05, 3.63) is 29.8 Å². The van der Waals surface area contributed by atoms with Crippen molar-refractivity contribution in [3.8, 4) is 0 Å². The molecule has 1 atom stereocenters. The quantitative estimate of drug-likeness (QED) is 0.910. The Kier molecular flexibility index (Phi) is 5.64. The van der Waals surface area contributed by atoms with Crippen LogP contribution in [0.2, 0.25) is 0 Å². The van der Waals surface area contributed by atoms with Gasteiger partial charge in [0.15, 0.2) is 0 Å². The number of carbonyl (C=O) groups is 1. The van der Waals surface area contributed by atoms with Crippen LogP contribution in [0.1, 0.15) is 38.2 Å². The van der Waals surface area contributed by atoms with E-state index in [2.05, 4.69) is 13.8 Å². The molecule has 2 amide bonds. The number of hydrogen-bond donors (Lipinski definition) is 1. The second-order valence-corrected chi connectivity index (χ2v) is 7.90. The second-order valence-electron chi connectivity index (χ2n) is 5.96. The first kappa shape index (κ1) is 17.7. The minimum absolute atomic E-state index is 0.276. The molecule has 1 aromatic rings. The van der Waals surface area contributed by atoms with Gasteiger partial charge in [0.25, 0.3) is 0 Å². The van der Waals surface area contributed by atoms with Gasteiger partial charge in [-0.25, -0.2) is 13.2 Å². The van der Waals surface area contributed by atoms with Gasteiger partial charge in [-0.3, -0.25) is 0 Å². The van der Waals surface area contributed by atoms with Crippen LogP contribution in [-0.4, -0.2) is 49.8 Å². The van der Waals surface area contributed by atoms with Crippen molar-refractivity contribution in [3.63, 3.8) is 0 Å². The number of nitrogens with zero attached hydrogens (tertiary/aromatic N) is 2. The summed E-state index contributed by atoms with van der Waals surface area (Å²) in [6.45, 7) is 5.74. The smallest absolute Gasteiger partial charge is 0.314 e. The summed E-state index contributed by atoms with van der Waals surface area (Å²) >= 11 is 0. The molecule has 1 fully saturated rings. The Hall–Kier alpha value is -1.60. The molecule has 1 aliphatic rings. The van der Waals surface area contributed by atoms with Gasteiger partial charge in [0.2, 0.25) is 10.0 Å². The Labute approximate surface area is 138 Å². The number of nitrogens with two attached hydrogens (primary N) is 1. The molecule has 0 bridgehead atoms. The van der Waals surface area contributed by atoms with Gasteiger partial charge in [-0.1, -0.05) is 26.0 Å². The molecule has 128 valence electrons. The zero-order valence-electron chi connectivity index (χ0n) is 13.7. The van der Waals surface area contributed by atoms with Gasteiger partial charge in [0.05, 0.1) is 4.90 Å². The number of benzene rings is 1. The van der Waals surface area contributed by atoms with Crippen molar-refractivity contribution in [1.82, 2.24) is 9.21 Å². The average Bonchev–Trinajstić information content (AvgIpc) is 2.81. The monoisotopic (exact) mass is 339 g/mol. The zero-order chi connectivity index (χ0) is 17.0. The highest BCUT2D eigenvalue weighted by molar-refractivity contribution is 7.89. The fourth-order valence-corrected chi connectivity index (χ4v) is 4.18. The fraction of sp³-hybridized carbons (Fsp3) is 0.562. The molecule has 1 saturated heterocycles. The molecule has 1 heterocycles. The third-order valence-electron chi connectivity index (χ3n) is 4.47. The molecule has 0 spiro atoms. The van der Waals surface area contributed by atoms with Crippen LogP contribution in [-0.2, 0) is 10.0 Å². The summed E-state index contributed by atoms with van der Waals surface area (Å²) in [6, 6.07) is 6.62. The first-order valence-electron chi connectivity index (χ1n) is 8.00. The maximum absolute atomic E-state index is 12.8. The normalized spacial score (nSPS) is 18.4. The standard InChI is InChI=1S/C16H25N3O3S/c1-3-13(2)14-5-7-15(8-6-14)23(21,22)19-10-4-9-18(11-12-19)16(17)20/h5-8,13H,3-4,9-12H2,1-2H3,(H2,17,20)/t13-/m0/s1. The highest BCUT2D eigenvalue weighted by Gasteiger charge is 2.27. The SMILES string of the molecule is CC[C@H](C)c1ccc(S(=O)(=O)N2CCCN(C(N)=O)CC2)cc1. The number of carbonyl (C=O) groups excluding carboxylic acids is 1. The summed E-state index contributed by atoms with van der Waals surface area (Å²) in [5.74, 6) is 0.411. The minimum atomic E-state index is -3.53. The third kappa shape index (κ3) is 4.03. The van der Waals surface area contributed by atoms with Crippen LogP contribution < -0.4 is 5.73 Å². The average molecular weight is 339 g/mol. The van der Waals surface area contributed by atoms with E-state index in [-0.39, 0.29) is 6.54 Å². The lowest BCUT2D eigenvalue weighted by atomic mass is 9.99. The molecule has 0 aliphatic carbocycles. The van der Waals surface area contributed by atoms with Crippen molar-refractivity contribution in [2.75, 3.05) is 26.2 Å². The number of sulfonamides is 1. The zero-order valence-corrected chi connectivity index (χ0v) is 14.6. The van der Waals surface area contributed by atoms with Gasteiger partial charge >= 0.3 is 6.03 Å². The Bertz CT molecular complexity index is 643. The molecule has 2 rings (SSSR count). The molecule has 2 N–H and O–H groups in total. The summed E-state index contributed by atoms with van der Waals surface area (Å²) in [4.78, 5) is 13.0. The first-order chi connectivity index (χ1) is 10.9. The lowest BCUT2D eigenvalue weighted by Gasteiger charge is -2.21. The van der Waals surface area contributed by atoms with Crippen molar-refractivity contribution < 1.29 is 13.2 Å². The van der Waals surface area contributed by atoms with Crippen molar-refractivity contribution >= 4 is 16.1 Å². The van der Waals surface area contributed by atoms with E-state index < -0.39 is 16.1 Å². The number of amides is 2. The summed E-state index contributed by atoms with van der Waals surface area (Å²) < 4.78 is 27.0. The highest BCUT2D eigenvalue weighted by Crippen LogP contribution is 2.23. The molecule has 6 nitrogen and oxygen atoms in total. The van der Waals surface area contributed by atoms with E-state index in [1.807, 2.05) is 12.1 Å². The molecule has 23 heavy (non-hydrogen) atoms. The summed E-state index contributed by atoms with van der Waals surface area (Å²) in [6.07, 6.45) is 1.61. The van der Waals surface area contributed by atoms with E-state index >= 15 is 0 Å². The largest absolute Gasteiger partial charge is 0.351 e. The fourth-order valence-electron chi connectivity index (χ4n) is 2.71. The predicted molar refractivity (Wildman–Crippen MR) is 89.7 cm³/mol. The Morgan fingerprint density at radius 1 is 1.17 bits per heavy atom. The van der Waals surface area contributed by atoms with E-state index in [4.69, 9.17) is 5.73 Å². The summed E-state index contributed by atoms with van der Waals surface area (Å²) in [5.41, 5.74) is 6.42. The minimum Gasteiger partial charge on any atom is -0.351 e. The molecular weight excluding hydrogens is 314 g/mol. The van der Waals surface area contributed by atoms with E-state index in [0.717, 1.165) is 12.0 Å². The lowest BCUT2D eigenvalue weighted by Crippen LogP contribution is -2.39. The van der Waals surface area contributed by atoms with E-state index in [1.54, 1.807) is 12.1 Å². The van der Waals surface area contributed by atoms with Crippen LogP contribution in [0.15, 0.2) is 29.2 Å². The van der Waals surface area contributed by atoms with Crippen LogP contribution in [0.4, 0.5) is 4.79 Å². The van der Waals surface area contributed by atoms with Crippen LogP contribution in [0, 0.1) is 0 Å². The van der Waals surface area contributed by atoms with E-state index in [9.17, 15) is 13.2 Å². The first-order valence-corrected chi connectivity index (χ1v) is 9.44. The van der Waals surface area contributed by atoms with Gasteiger partial charge in [-0.05, 0) is 36.5 Å². The van der Waals surface area contributed by atoms with E-state index in [1.165, 1.54) is 9.21 Å². The van der Waals surface area contributed by atoms with Crippen molar-refractivity contribution in [2.45, 2.75) is 37.5 Å². The Morgan fingerprint density at radius 3 is 2.39 bits per heavy atom. The molecule has 0 aromatic heterocycles. The van der Waals surface area contributed by atoms with Crippen molar-refractivity contribution in [2.24, 2.45) is 5.73 Å². The third-order valence-corrected chi connectivity index (χ3v) is 6.38. The molecule has 0 unspecified atom stereocenters. The Morgan fingerprint density at radius 2 is 1.83 bits per heavy atom. The molecule has 1 aliphatic heterocycles. The number of rotatable bonds is 4. The lowest BCUT2D eigenvalue weighted by molar-refractivity contribution is 0.210. The summed E-state index contributed by atoms with van der Waals surface area (Å²) in [7, 11) is -3.53. The van der Waals surface area contributed by atoms with Crippen LogP contribution in [0.3, 0.4) is 0 Å². The maximum atomic E-state index is 12.8. The van der Waals surface area contributed by atoms with Crippen molar-refractivity contribution in [1.29, 1.82) is 0 Å². The van der Waals surface area contributed by atoms with E-state index in [0.29, 0.717) is 36.9 Å². The number of primary amides is 1. The van der Waals surface area contributed by atoms with Gasteiger partial charge in [-0.15, -0.1) is 0 Å². The molecule has 0 saturated carbocycles. The number of urea groups is 1. The van der Waals surface area contributed by atoms with Crippen LogP contribution in [0.25, 0.3) is 0 Å². The number of hydrogen-bond acceptors (Lipinski definition) is 3. The van der Waals surface area contributed by atoms with Crippen LogP contribution >= 0.6 is 0 Å². The molecule has 1 aromatic carbocycles. The Balaban J connectivity index is 2.16.